The number of fused-ring (bicyclic) bond motifs is 1. The monoisotopic (exact) mass is 206 g/mol. The molecule has 0 bridgehead atoms. The van der Waals surface area contributed by atoms with Gasteiger partial charge in [0.2, 0.25) is 0 Å². The van der Waals surface area contributed by atoms with Crippen LogP contribution < -0.4 is 0 Å². The van der Waals surface area contributed by atoms with E-state index in [1.807, 2.05) is 0 Å². The molecule has 4 atom stereocenters. The van der Waals surface area contributed by atoms with Gasteiger partial charge in [0.1, 0.15) is 0 Å². The zero-order valence-corrected chi connectivity index (χ0v) is 10.8. The van der Waals surface area contributed by atoms with Gasteiger partial charge in [-0.1, -0.05) is 38.8 Å². The molecule has 0 amide bonds. The Morgan fingerprint density at radius 2 is 2.00 bits per heavy atom. The maximum atomic E-state index is 2.53. The van der Waals surface area contributed by atoms with Gasteiger partial charge < -0.3 is 0 Å². The molecule has 0 aromatic heterocycles. The molecule has 0 nitrogen and oxygen atoms in total. The standard InChI is InChI=1S/C15H26/c1-10(2)13-8-6-12(4)14-7-5-11(3)9-15(13)14/h6,10-11,13-15H,5,7-9H2,1-4H3/t11?,13-,14-,15+/m0/s1. The van der Waals surface area contributed by atoms with Crippen LogP contribution in [0.2, 0.25) is 0 Å². The molecule has 0 aliphatic heterocycles. The molecule has 0 aromatic carbocycles. The van der Waals surface area contributed by atoms with Crippen molar-refractivity contribution >= 4 is 0 Å². The van der Waals surface area contributed by atoms with Crippen LogP contribution in [-0.2, 0) is 0 Å². The average molecular weight is 206 g/mol. The quantitative estimate of drug-likeness (QED) is 0.547. The average Bonchev–Trinajstić information content (AvgIpc) is 2.17. The van der Waals surface area contributed by atoms with Gasteiger partial charge in [0.15, 0.2) is 0 Å². The number of allylic oxidation sites excluding steroid dienone is 2. The fraction of sp³-hybridized carbons (Fsp3) is 0.867. The first-order valence-electron chi connectivity index (χ1n) is 6.76. The predicted octanol–water partition coefficient (Wildman–Crippen LogP) is 4.66. The van der Waals surface area contributed by atoms with Gasteiger partial charge >= 0.3 is 0 Å². The molecule has 0 spiro atoms. The Kier molecular flexibility index (Phi) is 3.23. The molecule has 0 saturated heterocycles. The molecule has 0 heteroatoms. The first-order valence-corrected chi connectivity index (χ1v) is 6.76. The van der Waals surface area contributed by atoms with Crippen LogP contribution in [0.3, 0.4) is 0 Å². The Bertz CT molecular complexity index is 249. The lowest BCUT2D eigenvalue weighted by atomic mass is 9.61. The minimum absolute atomic E-state index is 0.868. The summed E-state index contributed by atoms with van der Waals surface area (Å²) in [5, 5.41) is 0. The van der Waals surface area contributed by atoms with E-state index < -0.39 is 0 Å². The molecule has 1 unspecified atom stereocenters. The lowest BCUT2D eigenvalue weighted by Crippen LogP contribution is -2.35. The number of hydrogen-bond donors (Lipinski definition) is 0. The largest absolute Gasteiger partial charge is 0.0850 e. The van der Waals surface area contributed by atoms with Crippen molar-refractivity contribution in [3.8, 4) is 0 Å². The summed E-state index contributed by atoms with van der Waals surface area (Å²) < 4.78 is 0. The van der Waals surface area contributed by atoms with Gasteiger partial charge in [-0.3, -0.25) is 0 Å². The van der Waals surface area contributed by atoms with Crippen molar-refractivity contribution in [2.45, 2.75) is 53.4 Å². The Balaban J connectivity index is 2.18. The minimum Gasteiger partial charge on any atom is -0.0850 e. The van der Waals surface area contributed by atoms with E-state index in [2.05, 4.69) is 33.8 Å². The van der Waals surface area contributed by atoms with Crippen LogP contribution in [0.15, 0.2) is 11.6 Å². The maximum Gasteiger partial charge on any atom is -0.0175 e. The summed E-state index contributed by atoms with van der Waals surface area (Å²) in [7, 11) is 0. The van der Waals surface area contributed by atoms with Gasteiger partial charge in [0, 0.05) is 0 Å². The van der Waals surface area contributed by atoms with Gasteiger partial charge in [-0.25, -0.2) is 0 Å². The van der Waals surface area contributed by atoms with E-state index >= 15 is 0 Å². The third-order valence-electron chi connectivity index (χ3n) is 4.86. The number of hydrogen-bond acceptors (Lipinski definition) is 0. The number of rotatable bonds is 1. The van der Waals surface area contributed by atoms with E-state index in [0.717, 1.165) is 29.6 Å². The molecule has 0 heterocycles. The predicted molar refractivity (Wildman–Crippen MR) is 66.7 cm³/mol. The second-order valence-electron chi connectivity index (χ2n) is 6.28. The molecule has 1 fully saturated rings. The summed E-state index contributed by atoms with van der Waals surface area (Å²) in [6.45, 7) is 9.64. The molecular weight excluding hydrogens is 180 g/mol. The van der Waals surface area contributed by atoms with Gasteiger partial charge in [0.05, 0.1) is 0 Å². The van der Waals surface area contributed by atoms with Crippen molar-refractivity contribution in [3.05, 3.63) is 11.6 Å². The van der Waals surface area contributed by atoms with Gasteiger partial charge in [0.25, 0.3) is 0 Å². The lowest BCUT2D eigenvalue weighted by molar-refractivity contribution is 0.108. The highest BCUT2D eigenvalue weighted by Gasteiger charge is 2.37. The molecule has 86 valence electrons. The molecule has 2 aliphatic rings. The highest BCUT2D eigenvalue weighted by molar-refractivity contribution is 5.12. The molecule has 0 N–H and O–H groups in total. The smallest absolute Gasteiger partial charge is 0.0175 e. The highest BCUT2D eigenvalue weighted by atomic mass is 14.4. The molecule has 1 saturated carbocycles. The normalized spacial score (nSPS) is 41.3. The third kappa shape index (κ3) is 2.14. The second-order valence-corrected chi connectivity index (χ2v) is 6.28. The van der Waals surface area contributed by atoms with Gasteiger partial charge in [-0.2, -0.15) is 0 Å². The Morgan fingerprint density at radius 3 is 2.67 bits per heavy atom. The molecule has 15 heavy (non-hydrogen) atoms. The van der Waals surface area contributed by atoms with Crippen LogP contribution in [0.1, 0.15) is 53.4 Å². The van der Waals surface area contributed by atoms with Crippen LogP contribution in [-0.4, -0.2) is 0 Å². The van der Waals surface area contributed by atoms with Crippen LogP contribution in [0.5, 0.6) is 0 Å². The summed E-state index contributed by atoms with van der Waals surface area (Å²) in [5.41, 5.74) is 1.70. The van der Waals surface area contributed by atoms with E-state index in [9.17, 15) is 0 Å². The van der Waals surface area contributed by atoms with Crippen molar-refractivity contribution in [2.24, 2.45) is 29.6 Å². The fourth-order valence-electron chi connectivity index (χ4n) is 3.88. The minimum atomic E-state index is 0.868. The van der Waals surface area contributed by atoms with Crippen LogP contribution in [0.25, 0.3) is 0 Å². The van der Waals surface area contributed by atoms with Crippen molar-refractivity contribution in [1.82, 2.24) is 0 Å². The molecule has 0 aromatic rings. The van der Waals surface area contributed by atoms with Gasteiger partial charge in [-0.15, -0.1) is 0 Å². The van der Waals surface area contributed by atoms with Crippen LogP contribution in [0, 0.1) is 29.6 Å². The Hall–Kier alpha value is -0.260. The highest BCUT2D eigenvalue weighted by Crippen LogP contribution is 2.47. The first kappa shape index (κ1) is 11.2. The Morgan fingerprint density at radius 1 is 1.27 bits per heavy atom. The second kappa shape index (κ2) is 4.31. The summed E-state index contributed by atoms with van der Waals surface area (Å²) in [5.74, 6) is 4.73. The van der Waals surface area contributed by atoms with E-state index in [1.165, 1.54) is 25.7 Å². The van der Waals surface area contributed by atoms with E-state index in [-0.39, 0.29) is 0 Å². The van der Waals surface area contributed by atoms with Crippen molar-refractivity contribution in [1.29, 1.82) is 0 Å². The summed E-state index contributed by atoms with van der Waals surface area (Å²) in [4.78, 5) is 0. The lowest BCUT2D eigenvalue weighted by Gasteiger charge is -2.44. The SMILES string of the molecule is CC1=CC[C@@H](C(C)C)[C@H]2CC(C)CC[C@@H]12. The summed E-state index contributed by atoms with van der Waals surface area (Å²) in [6, 6.07) is 0. The molecular formula is C15H26. The summed E-state index contributed by atoms with van der Waals surface area (Å²) in [6.07, 6.45) is 8.27. The Labute approximate surface area is 95.1 Å². The molecule has 0 radical (unpaired) electrons. The first-order chi connectivity index (χ1) is 7.09. The van der Waals surface area contributed by atoms with Crippen LogP contribution >= 0.6 is 0 Å². The molecule has 2 rings (SSSR count). The van der Waals surface area contributed by atoms with E-state index in [4.69, 9.17) is 0 Å². The van der Waals surface area contributed by atoms with Gasteiger partial charge in [-0.05, 0) is 55.8 Å². The van der Waals surface area contributed by atoms with Crippen LogP contribution in [0.4, 0.5) is 0 Å². The third-order valence-corrected chi connectivity index (χ3v) is 4.86. The van der Waals surface area contributed by atoms with Crippen molar-refractivity contribution < 1.29 is 0 Å². The molecule has 2 aliphatic carbocycles. The summed E-state index contributed by atoms with van der Waals surface area (Å²) >= 11 is 0. The zero-order chi connectivity index (χ0) is 11.0. The van der Waals surface area contributed by atoms with Crippen molar-refractivity contribution in [2.75, 3.05) is 0 Å². The topological polar surface area (TPSA) is 0 Å². The fourth-order valence-corrected chi connectivity index (χ4v) is 3.88. The van der Waals surface area contributed by atoms with E-state index in [0.29, 0.717) is 0 Å². The maximum absolute atomic E-state index is 2.53. The zero-order valence-electron chi connectivity index (χ0n) is 10.8. The van der Waals surface area contributed by atoms with Crippen molar-refractivity contribution in [3.63, 3.8) is 0 Å². The van der Waals surface area contributed by atoms with E-state index in [1.54, 1.807) is 5.57 Å².